The van der Waals surface area contributed by atoms with Crippen molar-refractivity contribution in [2.45, 2.75) is 54.8 Å². The molecule has 11 atom stereocenters. The van der Waals surface area contributed by atoms with Gasteiger partial charge in [-0.3, -0.25) is 23.4 Å². The monoisotopic (exact) mass is 711 g/mol. The molecule has 6 heterocycles. The molecule has 0 radical (unpaired) electrons. The van der Waals surface area contributed by atoms with E-state index >= 15 is 8.78 Å². The number of imidazole rings is 1. The molecule has 3 unspecified atom stereocenters. The lowest BCUT2D eigenvalue weighted by molar-refractivity contribution is -0.0662. The molecule has 8 N–H and O–H groups in total. The van der Waals surface area contributed by atoms with Crippen LogP contribution in [0.2, 0.25) is 0 Å². The van der Waals surface area contributed by atoms with E-state index in [-0.39, 0.29) is 34.1 Å². The number of alkyl halides is 2. The second-order valence-electron chi connectivity index (χ2n) is 10.1. The van der Waals surface area contributed by atoms with Crippen molar-refractivity contribution >= 4 is 71.6 Å². The van der Waals surface area contributed by atoms with Crippen LogP contribution in [0.1, 0.15) is 12.5 Å². The summed E-state index contributed by atoms with van der Waals surface area (Å²) in [4.78, 5) is 50.8. The van der Waals surface area contributed by atoms with Crippen molar-refractivity contribution in [2.24, 2.45) is 0 Å². The molecule has 4 aromatic rings. The Kier molecular flexibility index (Phi) is 7.50. The summed E-state index contributed by atoms with van der Waals surface area (Å²) in [6.07, 6.45) is -11.0. The van der Waals surface area contributed by atoms with E-state index in [1.807, 2.05) is 0 Å². The highest BCUT2D eigenvalue weighted by Crippen LogP contribution is 2.63. The standard InChI is InChI=1S/C19H21F2N11O9P2S2/c20-5-4(1-37-42(35)44)38-16(32-14-7(29-30-32)15(33)28-18(23)27-14)8(5)40-43(36,45)41-11-10-19(11,34)9(21)17(39-10)31-3-26-6-12(22)24-2-25-13(6)31/h2-5,8-11,16-17,34,42H,1H2,(H,35,44)(H,36,45)(H2,22,24,25)(H3,23,27,28,33)/t4-,5+,8-,9-,10-,11?,16-,17-,19+,43?/m1/s1. The summed E-state index contributed by atoms with van der Waals surface area (Å²) in [5, 5.41) is 18.6. The zero-order chi connectivity index (χ0) is 32.0. The van der Waals surface area contributed by atoms with Gasteiger partial charge in [-0.15, -0.1) is 5.10 Å². The van der Waals surface area contributed by atoms with Crippen LogP contribution in [-0.4, -0.2) is 108 Å². The fourth-order valence-corrected chi connectivity index (χ4v) is 7.55. The highest BCUT2D eigenvalue weighted by molar-refractivity contribution is 8.07. The molecule has 3 fully saturated rings. The van der Waals surface area contributed by atoms with E-state index in [9.17, 15) is 19.7 Å². The molecule has 0 aromatic carbocycles. The van der Waals surface area contributed by atoms with Crippen molar-refractivity contribution in [2.75, 3.05) is 18.1 Å². The van der Waals surface area contributed by atoms with Crippen molar-refractivity contribution in [1.82, 2.24) is 44.5 Å². The van der Waals surface area contributed by atoms with E-state index in [1.54, 1.807) is 0 Å². The van der Waals surface area contributed by atoms with Crippen LogP contribution < -0.4 is 17.0 Å². The van der Waals surface area contributed by atoms with Gasteiger partial charge >= 0.3 is 6.72 Å². The number of aromatic amines is 1. The first-order valence-electron chi connectivity index (χ1n) is 12.7. The van der Waals surface area contributed by atoms with Crippen LogP contribution in [-0.2, 0) is 46.7 Å². The van der Waals surface area contributed by atoms with E-state index in [0.717, 1.165) is 11.0 Å². The molecule has 2 saturated heterocycles. The van der Waals surface area contributed by atoms with Gasteiger partial charge in [0.05, 0.1) is 12.9 Å². The van der Waals surface area contributed by atoms with Crippen LogP contribution in [0.15, 0.2) is 17.4 Å². The maximum atomic E-state index is 15.8. The molecule has 20 nitrogen and oxygen atoms in total. The molecule has 4 aromatic heterocycles. The van der Waals surface area contributed by atoms with Crippen molar-refractivity contribution in [1.29, 1.82) is 0 Å². The van der Waals surface area contributed by atoms with Crippen LogP contribution in [0, 0.1) is 0 Å². The average Bonchev–Trinajstić information content (AvgIpc) is 3.49. The number of H-pyrrole nitrogens is 1. The Labute approximate surface area is 258 Å². The quantitative estimate of drug-likeness (QED) is 0.105. The summed E-state index contributed by atoms with van der Waals surface area (Å²) in [6, 6.07) is 0. The molecule has 0 spiro atoms. The zero-order valence-electron chi connectivity index (χ0n) is 22.0. The van der Waals surface area contributed by atoms with Gasteiger partial charge in [-0.05, 0) is 23.6 Å². The Hall–Kier alpha value is -2.73. The molecular formula is C19H21F2N11O9P2S2. The Morgan fingerprint density at radius 1 is 1.18 bits per heavy atom. The number of nitrogens with zero attached hydrogens (tertiary/aromatic N) is 8. The third-order valence-corrected chi connectivity index (χ3v) is 9.73. The van der Waals surface area contributed by atoms with E-state index in [1.165, 1.54) is 10.9 Å². The van der Waals surface area contributed by atoms with Gasteiger partial charge in [0, 0.05) is 0 Å². The number of rotatable bonds is 9. The van der Waals surface area contributed by atoms with Gasteiger partial charge in [0.1, 0.15) is 36.3 Å². The fraction of sp³-hybridized carbons (Fsp3) is 0.526. The van der Waals surface area contributed by atoms with E-state index in [0.29, 0.717) is 0 Å². The minimum absolute atomic E-state index is 0.0521. The molecule has 45 heavy (non-hydrogen) atoms. The number of aliphatic hydroxyl groups is 1. The van der Waals surface area contributed by atoms with Gasteiger partial charge in [0.2, 0.25) is 5.95 Å². The second kappa shape index (κ2) is 10.9. The predicted octanol–water partition coefficient (Wildman–Crippen LogP) is -1.76. The Balaban J connectivity index is 1.12. The average molecular weight is 712 g/mol. The summed E-state index contributed by atoms with van der Waals surface area (Å²) in [5.41, 5.74) is 8.23. The summed E-state index contributed by atoms with van der Waals surface area (Å²) < 4.78 is 60.8. The SMILES string of the molecule is Nc1nc2c(nnn2[C@@H]2O[C@H](CO[PH](O)=S)[C@H](F)[C@H]2OP(O)(=S)OC2[C@H]3O[C@@H](n4cnc5c(N)ncnc54)[C@@H](F)[C@@]23O)c(=O)[nH]1. The van der Waals surface area contributed by atoms with Crippen molar-refractivity contribution < 1.29 is 46.7 Å². The van der Waals surface area contributed by atoms with Gasteiger partial charge in [0.15, 0.2) is 60.2 Å². The normalized spacial score (nSPS) is 34.7. The second-order valence-corrected chi connectivity index (χ2v) is 14.7. The number of hydrogen-bond acceptors (Lipinski definition) is 17. The minimum Gasteiger partial charge on any atom is -0.382 e. The summed E-state index contributed by atoms with van der Waals surface area (Å²) in [6.45, 7) is -5.07. The summed E-state index contributed by atoms with van der Waals surface area (Å²) in [7, 11) is -2.67. The van der Waals surface area contributed by atoms with Crippen molar-refractivity contribution in [3.8, 4) is 0 Å². The Bertz CT molecular complexity index is 1950. The van der Waals surface area contributed by atoms with Crippen LogP contribution in [0.3, 0.4) is 0 Å². The Morgan fingerprint density at radius 3 is 2.67 bits per heavy atom. The molecule has 7 rings (SSSR count). The van der Waals surface area contributed by atoms with Crippen LogP contribution in [0.5, 0.6) is 0 Å². The molecule has 2 aliphatic heterocycles. The molecule has 26 heteroatoms. The van der Waals surface area contributed by atoms with Gasteiger partial charge < -0.3 is 40.4 Å². The van der Waals surface area contributed by atoms with Gasteiger partial charge in [-0.2, -0.15) is 9.67 Å². The largest absolute Gasteiger partial charge is 0.382 e. The molecule has 1 saturated carbocycles. The lowest BCUT2D eigenvalue weighted by Gasteiger charge is -2.27. The lowest BCUT2D eigenvalue weighted by Crippen LogP contribution is -2.35. The van der Waals surface area contributed by atoms with E-state index in [4.69, 9.17) is 46.3 Å². The first kappa shape index (κ1) is 30.9. The fourth-order valence-electron chi connectivity index (χ4n) is 5.32. The molecule has 242 valence electrons. The highest BCUT2D eigenvalue weighted by Gasteiger charge is 2.80. The number of anilines is 2. The number of ether oxygens (including phenoxy) is 2. The lowest BCUT2D eigenvalue weighted by atomic mass is 10.1. The van der Waals surface area contributed by atoms with Crippen molar-refractivity contribution in [3.63, 3.8) is 0 Å². The maximum Gasteiger partial charge on any atom is 0.325 e. The molecule has 1 aliphatic carbocycles. The molecule has 0 bridgehead atoms. The highest BCUT2D eigenvalue weighted by atomic mass is 32.5. The summed E-state index contributed by atoms with van der Waals surface area (Å²) >= 11 is 9.74. The first-order valence-corrected chi connectivity index (χ1v) is 17.8. The predicted molar refractivity (Wildman–Crippen MR) is 153 cm³/mol. The minimum atomic E-state index is -4.53. The third-order valence-electron chi connectivity index (χ3n) is 7.45. The number of nitrogens with two attached hydrogens (primary N) is 2. The molecule has 3 aliphatic rings. The van der Waals surface area contributed by atoms with Crippen LogP contribution >= 0.6 is 13.9 Å². The zero-order valence-corrected chi connectivity index (χ0v) is 25.6. The van der Waals surface area contributed by atoms with Gasteiger partial charge in [-0.25, -0.2) is 23.7 Å². The van der Waals surface area contributed by atoms with Gasteiger partial charge in [-0.1, -0.05) is 5.21 Å². The Morgan fingerprint density at radius 2 is 1.96 bits per heavy atom. The summed E-state index contributed by atoms with van der Waals surface area (Å²) in [5.74, 6) is -0.263. The maximum absolute atomic E-state index is 15.8. The number of aromatic nitrogens is 9. The first-order chi connectivity index (χ1) is 21.3. The number of nitrogens with one attached hydrogen (secondary N) is 1. The van der Waals surface area contributed by atoms with Crippen LogP contribution in [0.4, 0.5) is 20.5 Å². The smallest absolute Gasteiger partial charge is 0.325 e. The van der Waals surface area contributed by atoms with E-state index in [2.05, 4.69) is 47.0 Å². The molecule has 0 amide bonds. The topological polar surface area (TPSA) is 279 Å². The number of fused-ring (bicyclic) bond motifs is 3. The number of halogens is 2. The number of nitrogen functional groups attached to an aromatic ring is 2. The van der Waals surface area contributed by atoms with Crippen LogP contribution in [0.25, 0.3) is 22.3 Å². The van der Waals surface area contributed by atoms with Crippen molar-refractivity contribution in [3.05, 3.63) is 23.0 Å². The van der Waals surface area contributed by atoms with E-state index < -0.39 is 80.9 Å². The number of hydrogen-bond donors (Lipinski definition) is 6. The molecular weight excluding hydrogens is 690 g/mol. The third kappa shape index (κ3) is 5.05. The van der Waals surface area contributed by atoms with Gasteiger partial charge in [0.25, 0.3) is 5.56 Å².